The van der Waals surface area contributed by atoms with Gasteiger partial charge in [-0.15, -0.1) is 0 Å². The zero-order valence-corrected chi connectivity index (χ0v) is 12.5. The molecule has 0 bridgehead atoms. The first kappa shape index (κ1) is 15.3. The van der Waals surface area contributed by atoms with Crippen LogP contribution in [0.25, 0.3) is 0 Å². The van der Waals surface area contributed by atoms with Gasteiger partial charge in [-0.25, -0.2) is 4.98 Å². The summed E-state index contributed by atoms with van der Waals surface area (Å²) in [5.41, 5.74) is 0.406. The van der Waals surface area contributed by atoms with E-state index >= 15 is 0 Å². The van der Waals surface area contributed by atoms with Gasteiger partial charge in [0.25, 0.3) is 5.69 Å². The Kier molecular flexibility index (Phi) is 4.82. The number of non-ortho nitro benzene ring substituents is 1. The molecule has 0 fully saturated rings. The summed E-state index contributed by atoms with van der Waals surface area (Å²) in [6.45, 7) is 0.0508. The van der Waals surface area contributed by atoms with E-state index in [9.17, 15) is 10.1 Å². The fourth-order valence-electron chi connectivity index (χ4n) is 1.59. The van der Waals surface area contributed by atoms with E-state index in [2.05, 4.69) is 10.3 Å². The molecule has 0 aliphatic rings. The van der Waals surface area contributed by atoms with Crippen molar-refractivity contribution in [1.29, 1.82) is 0 Å². The molecule has 0 amide bonds. The van der Waals surface area contributed by atoms with Gasteiger partial charge in [0, 0.05) is 13.1 Å². The fourth-order valence-corrected chi connectivity index (χ4v) is 1.92. The van der Waals surface area contributed by atoms with Gasteiger partial charge in [0.1, 0.15) is 18.2 Å². The topological polar surface area (TPSA) is 77.3 Å². The molecule has 0 radical (unpaired) electrons. The summed E-state index contributed by atoms with van der Waals surface area (Å²) in [4.78, 5) is 14.5. The molecule has 0 spiro atoms. The van der Waals surface area contributed by atoms with Gasteiger partial charge in [-0.05, 0) is 18.2 Å². The second-order valence-corrected chi connectivity index (χ2v) is 4.85. The number of halogens is 2. The molecule has 0 aliphatic heterocycles. The Labute approximate surface area is 130 Å². The first-order valence-corrected chi connectivity index (χ1v) is 6.66. The standard InChI is InChI=1S/C13H11Cl2N3O3/c1-16-13-5-4-9(14)11(17-13)7-21-12-6-8(18(19)20)2-3-10(12)15/h2-6H,7H2,1H3,(H,16,17). The number of benzene rings is 1. The van der Waals surface area contributed by atoms with E-state index in [1.54, 1.807) is 19.2 Å². The van der Waals surface area contributed by atoms with Crippen LogP contribution in [0.15, 0.2) is 30.3 Å². The van der Waals surface area contributed by atoms with Crippen LogP contribution in [0.2, 0.25) is 10.0 Å². The summed E-state index contributed by atoms with van der Waals surface area (Å²) in [5, 5.41) is 14.3. The SMILES string of the molecule is CNc1ccc(Cl)c(COc2cc([N+](=O)[O-])ccc2Cl)n1. The van der Waals surface area contributed by atoms with E-state index < -0.39 is 4.92 Å². The monoisotopic (exact) mass is 327 g/mol. The minimum absolute atomic E-state index is 0.0508. The maximum Gasteiger partial charge on any atom is 0.273 e. The number of hydrogen-bond acceptors (Lipinski definition) is 5. The number of anilines is 1. The van der Waals surface area contributed by atoms with Gasteiger partial charge in [0.2, 0.25) is 0 Å². The van der Waals surface area contributed by atoms with Gasteiger partial charge in [-0.1, -0.05) is 23.2 Å². The molecule has 21 heavy (non-hydrogen) atoms. The molecule has 2 rings (SSSR count). The Bertz CT molecular complexity index is 680. The van der Waals surface area contributed by atoms with Gasteiger partial charge in [-0.3, -0.25) is 10.1 Å². The Balaban J connectivity index is 2.20. The number of hydrogen-bond donors (Lipinski definition) is 1. The maximum atomic E-state index is 10.7. The van der Waals surface area contributed by atoms with Crippen LogP contribution in [-0.2, 0) is 6.61 Å². The molecule has 0 saturated heterocycles. The van der Waals surface area contributed by atoms with Crippen molar-refractivity contribution in [2.45, 2.75) is 6.61 Å². The van der Waals surface area contributed by atoms with Crippen molar-refractivity contribution in [3.8, 4) is 5.75 Å². The lowest BCUT2D eigenvalue weighted by molar-refractivity contribution is -0.384. The quantitative estimate of drug-likeness (QED) is 0.665. The zero-order chi connectivity index (χ0) is 15.4. The Hall–Kier alpha value is -2.05. The highest BCUT2D eigenvalue weighted by molar-refractivity contribution is 6.32. The second-order valence-electron chi connectivity index (χ2n) is 4.04. The number of nitro benzene ring substituents is 1. The average Bonchev–Trinajstić information content (AvgIpc) is 2.47. The second kappa shape index (κ2) is 6.60. The molecular weight excluding hydrogens is 317 g/mol. The van der Waals surface area contributed by atoms with E-state index in [1.807, 2.05) is 0 Å². The van der Waals surface area contributed by atoms with Crippen molar-refractivity contribution in [3.63, 3.8) is 0 Å². The van der Waals surface area contributed by atoms with E-state index in [0.29, 0.717) is 16.5 Å². The maximum absolute atomic E-state index is 10.7. The molecule has 1 N–H and O–H groups in total. The van der Waals surface area contributed by atoms with Crippen LogP contribution in [0, 0.1) is 10.1 Å². The molecule has 0 unspecified atom stereocenters. The van der Waals surface area contributed by atoms with Crippen molar-refractivity contribution in [2.75, 3.05) is 12.4 Å². The zero-order valence-electron chi connectivity index (χ0n) is 11.0. The number of aromatic nitrogens is 1. The largest absolute Gasteiger partial charge is 0.485 e. The Morgan fingerprint density at radius 2 is 2.00 bits per heavy atom. The van der Waals surface area contributed by atoms with E-state index in [0.717, 1.165) is 0 Å². The van der Waals surface area contributed by atoms with Crippen LogP contribution >= 0.6 is 23.2 Å². The normalized spacial score (nSPS) is 10.2. The van der Waals surface area contributed by atoms with E-state index in [4.69, 9.17) is 27.9 Å². The fraction of sp³-hybridized carbons (Fsp3) is 0.154. The summed E-state index contributed by atoms with van der Waals surface area (Å²) >= 11 is 12.0. The predicted molar refractivity (Wildman–Crippen MR) is 81.2 cm³/mol. The molecule has 1 aromatic heterocycles. The van der Waals surface area contributed by atoms with Gasteiger partial charge >= 0.3 is 0 Å². The predicted octanol–water partition coefficient (Wildman–Crippen LogP) is 3.92. The smallest absolute Gasteiger partial charge is 0.273 e. The number of rotatable bonds is 5. The molecule has 0 saturated carbocycles. The van der Waals surface area contributed by atoms with Crippen molar-refractivity contribution in [1.82, 2.24) is 4.98 Å². The van der Waals surface area contributed by atoms with Crippen LogP contribution in [0.5, 0.6) is 5.75 Å². The summed E-state index contributed by atoms with van der Waals surface area (Å²) in [5.74, 6) is 0.849. The van der Waals surface area contributed by atoms with Crippen molar-refractivity contribution in [3.05, 3.63) is 56.2 Å². The molecular formula is C13H11Cl2N3O3. The Morgan fingerprint density at radius 3 is 2.67 bits per heavy atom. The van der Waals surface area contributed by atoms with Crippen LogP contribution in [0.1, 0.15) is 5.69 Å². The first-order chi connectivity index (χ1) is 10.0. The number of nitro groups is 1. The summed E-state index contributed by atoms with van der Waals surface area (Å²) < 4.78 is 5.48. The van der Waals surface area contributed by atoms with Gasteiger partial charge in [0.05, 0.1) is 26.7 Å². The number of nitrogens with zero attached hydrogens (tertiary/aromatic N) is 2. The lowest BCUT2D eigenvalue weighted by atomic mass is 10.3. The highest BCUT2D eigenvalue weighted by Gasteiger charge is 2.12. The van der Waals surface area contributed by atoms with Crippen LogP contribution in [-0.4, -0.2) is 17.0 Å². The van der Waals surface area contributed by atoms with Crippen LogP contribution in [0.3, 0.4) is 0 Å². The first-order valence-electron chi connectivity index (χ1n) is 5.91. The minimum Gasteiger partial charge on any atom is -0.485 e. The average molecular weight is 328 g/mol. The van der Waals surface area contributed by atoms with Crippen LogP contribution < -0.4 is 10.1 Å². The molecule has 6 nitrogen and oxygen atoms in total. The molecule has 1 aromatic carbocycles. The summed E-state index contributed by atoms with van der Waals surface area (Å²) in [7, 11) is 1.73. The van der Waals surface area contributed by atoms with Gasteiger partial charge in [0.15, 0.2) is 0 Å². The highest BCUT2D eigenvalue weighted by Crippen LogP contribution is 2.30. The molecule has 2 aromatic rings. The third-order valence-corrected chi connectivity index (χ3v) is 3.32. The molecule has 0 aliphatic carbocycles. The van der Waals surface area contributed by atoms with Crippen molar-refractivity contribution >= 4 is 34.7 Å². The van der Waals surface area contributed by atoms with E-state index in [1.165, 1.54) is 18.2 Å². The molecule has 0 atom stereocenters. The van der Waals surface area contributed by atoms with E-state index in [-0.39, 0.29) is 23.1 Å². The van der Waals surface area contributed by atoms with Gasteiger partial charge < -0.3 is 10.1 Å². The van der Waals surface area contributed by atoms with Crippen molar-refractivity contribution in [2.24, 2.45) is 0 Å². The molecule has 8 heteroatoms. The Morgan fingerprint density at radius 1 is 1.29 bits per heavy atom. The highest BCUT2D eigenvalue weighted by atomic mass is 35.5. The number of ether oxygens (including phenoxy) is 1. The van der Waals surface area contributed by atoms with Gasteiger partial charge in [-0.2, -0.15) is 0 Å². The molecule has 110 valence electrons. The van der Waals surface area contributed by atoms with Crippen LogP contribution in [0.4, 0.5) is 11.5 Å². The minimum atomic E-state index is -0.518. The number of nitrogens with one attached hydrogen (secondary N) is 1. The number of pyridine rings is 1. The third kappa shape index (κ3) is 3.74. The van der Waals surface area contributed by atoms with Crippen molar-refractivity contribution < 1.29 is 9.66 Å². The third-order valence-electron chi connectivity index (χ3n) is 2.66. The summed E-state index contributed by atoms with van der Waals surface area (Å²) in [6.07, 6.45) is 0. The lowest BCUT2D eigenvalue weighted by Crippen LogP contribution is -2.02. The lowest BCUT2D eigenvalue weighted by Gasteiger charge is -2.10. The molecule has 1 heterocycles. The summed E-state index contributed by atoms with van der Waals surface area (Å²) in [6, 6.07) is 7.40.